The number of unbranched alkanes of at least 4 members (excludes halogenated alkanes) is 5. The lowest BCUT2D eigenvalue weighted by molar-refractivity contribution is -0.139. The predicted molar refractivity (Wildman–Crippen MR) is 69.4 cm³/mol. The van der Waals surface area contributed by atoms with Crippen molar-refractivity contribution < 1.29 is 19.8 Å². The van der Waals surface area contributed by atoms with Crippen LogP contribution in [0.4, 0.5) is 0 Å². The molecule has 0 heterocycles. The van der Waals surface area contributed by atoms with E-state index in [0.717, 1.165) is 12.8 Å². The lowest BCUT2D eigenvalue weighted by Crippen LogP contribution is -2.14. The SMILES string of the molecule is CCCCCCCCNC=C(CC(=O)O)C(=O)O. The zero-order chi connectivity index (χ0) is 13.8. The molecular formula is C13H23NO4. The van der Waals surface area contributed by atoms with E-state index in [9.17, 15) is 9.59 Å². The summed E-state index contributed by atoms with van der Waals surface area (Å²) in [6.45, 7) is 2.85. The topological polar surface area (TPSA) is 86.6 Å². The average Bonchev–Trinajstić information content (AvgIpc) is 2.30. The Morgan fingerprint density at radius 2 is 1.67 bits per heavy atom. The minimum atomic E-state index is -1.19. The van der Waals surface area contributed by atoms with E-state index in [2.05, 4.69) is 12.2 Å². The highest BCUT2D eigenvalue weighted by Gasteiger charge is 2.10. The maximum absolute atomic E-state index is 10.7. The van der Waals surface area contributed by atoms with Gasteiger partial charge in [0, 0.05) is 12.7 Å². The van der Waals surface area contributed by atoms with Crippen LogP contribution in [0.5, 0.6) is 0 Å². The maximum atomic E-state index is 10.7. The summed E-state index contributed by atoms with van der Waals surface area (Å²) in [5.74, 6) is -2.32. The molecule has 0 saturated carbocycles. The van der Waals surface area contributed by atoms with Gasteiger partial charge in [-0.2, -0.15) is 0 Å². The number of rotatable bonds is 11. The Balaban J connectivity index is 3.70. The highest BCUT2D eigenvalue weighted by Crippen LogP contribution is 2.04. The fourth-order valence-corrected chi connectivity index (χ4v) is 1.55. The minimum Gasteiger partial charge on any atom is -0.481 e. The Bertz CT molecular complexity index is 287. The molecule has 104 valence electrons. The third kappa shape index (κ3) is 9.69. The van der Waals surface area contributed by atoms with Crippen molar-refractivity contribution >= 4 is 11.9 Å². The van der Waals surface area contributed by atoms with Crippen molar-refractivity contribution in [2.45, 2.75) is 51.9 Å². The molecule has 0 aromatic heterocycles. The van der Waals surface area contributed by atoms with Gasteiger partial charge in [-0.15, -0.1) is 0 Å². The summed E-state index contributed by atoms with van der Waals surface area (Å²) in [4.78, 5) is 21.1. The van der Waals surface area contributed by atoms with Crippen molar-refractivity contribution in [3.8, 4) is 0 Å². The van der Waals surface area contributed by atoms with Gasteiger partial charge < -0.3 is 15.5 Å². The number of carboxylic acid groups (broad SMARTS) is 2. The summed E-state index contributed by atoms with van der Waals surface area (Å²) < 4.78 is 0. The van der Waals surface area contributed by atoms with E-state index in [1.54, 1.807) is 0 Å². The van der Waals surface area contributed by atoms with Gasteiger partial charge in [0.25, 0.3) is 0 Å². The van der Waals surface area contributed by atoms with Gasteiger partial charge in [0.1, 0.15) is 0 Å². The van der Waals surface area contributed by atoms with Crippen LogP contribution in [0.25, 0.3) is 0 Å². The van der Waals surface area contributed by atoms with Gasteiger partial charge in [-0.3, -0.25) is 4.79 Å². The zero-order valence-corrected chi connectivity index (χ0v) is 10.9. The first-order chi connectivity index (χ1) is 8.57. The van der Waals surface area contributed by atoms with Gasteiger partial charge in [-0.05, 0) is 6.42 Å². The Morgan fingerprint density at radius 1 is 1.06 bits per heavy atom. The molecule has 0 radical (unpaired) electrons. The summed E-state index contributed by atoms with van der Waals surface area (Å²) in [5, 5.41) is 20.1. The molecule has 18 heavy (non-hydrogen) atoms. The molecule has 0 saturated heterocycles. The summed E-state index contributed by atoms with van der Waals surface area (Å²) in [6.07, 6.45) is 7.84. The fourth-order valence-electron chi connectivity index (χ4n) is 1.55. The molecule has 0 atom stereocenters. The van der Waals surface area contributed by atoms with Crippen LogP contribution in [-0.4, -0.2) is 28.7 Å². The number of hydrogen-bond donors (Lipinski definition) is 3. The highest BCUT2D eigenvalue weighted by atomic mass is 16.4. The molecular weight excluding hydrogens is 234 g/mol. The second kappa shape index (κ2) is 10.6. The first kappa shape index (κ1) is 16.5. The number of carbonyl (C=O) groups is 2. The number of hydrogen-bond acceptors (Lipinski definition) is 3. The molecule has 0 bridgehead atoms. The largest absolute Gasteiger partial charge is 0.481 e. The Hall–Kier alpha value is -1.52. The normalized spacial score (nSPS) is 11.3. The first-order valence-corrected chi connectivity index (χ1v) is 6.45. The molecule has 0 aromatic carbocycles. The standard InChI is InChI=1S/C13H23NO4/c1-2-3-4-5-6-7-8-14-10-11(13(17)18)9-12(15)16/h10,14H,2-9H2,1H3,(H,15,16)(H,17,18). The second-order valence-corrected chi connectivity index (χ2v) is 4.27. The molecule has 0 fully saturated rings. The average molecular weight is 257 g/mol. The lowest BCUT2D eigenvalue weighted by Gasteiger charge is -2.03. The van der Waals surface area contributed by atoms with Crippen LogP contribution in [0, 0.1) is 0 Å². The van der Waals surface area contributed by atoms with Crippen molar-refractivity contribution in [1.29, 1.82) is 0 Å². The molecule has 0 rings (SSSR count). The predicted octanol–water partition coefficient (Wildman–Crippen LogP) is 2.38. The Kier molecular flexibility index (Phi) is 9.73. The van der Waals surface area contributed by atoms with E-state index < -0.39 is 18.4 Å². The van der Waals surface area contributed by atoms with Crippen molar-refractivity contribution in [3.63, 3.8) is 0 Å². The Morgan fingerprint density at radius 3 is 2.22 bits per heavy atom. The van der Waals surface area contributed by atoms with E-state index in [1.165, 1.54) is 31.9 Å². The fraction of sp³-hybridized carbons (Fsp3) is 0.692. The molecule has 0 aromatic rings. The highest BCUT2D eigenvalue weighted by molar-refractivity contribution is 5.91. The van der Waals surface area contributed by atoms with E-state index >= 15 is 0 Å². The van der Waals surface area contributed by atoms with E-state index in [-0.39, 0.29) is 5.57 Å². The van der Waals surface area contributed by atoms with Crippen molar-refractivity contribution in [1.82, 2.24) is 5.32 Å². The zero-order valence-electron chi connectivity index (χ0n) is 10.9. The van der Waals surface area contributed by atoms with Crippen LogP contribution in [-0.2, 0) is 9.59 Å². The number of aliphatic carboxylic acids is 2. The molecule has 5 heteroatoms. The third-order valence-corrected chi connectivity index (χ3v) is 2.57. The van der Waals surface area contributed by atoms with E-state index in [0.29, 0.717) is 6.54 Å². The second-order valence-electron chi connectivity index (χ2n) is 4.27. The lowest BCUT2D eigenvalue weighted by atomic mass is 10.1. The Labute approximate surface area is 108 Å². The molecule has 0 aliphatic heterocycles. The summed E-state index contributed by atoms with van der Waals surface area (Å²) in [5.41, 5.74) is -0.117. The molecule has 3 N–H and O–H groups in total. The minimum absolute atomic E-state index is 0.117. The molecule has 0 aliphatic carbocycles. The molecule has 0 unspecified atom stereocenters. The molecule has 0 amide bonds. The van der Waals surface area contributed by atoms with Crippen LogP contribution in [0.2, 0.25) is 0 Å². The summed E-state index contributed by atoms with van der Waals surface area (Å²) >= 11 is 0. The van der Waals surface area contributed by atoms with Crippen LogP contribution in [0.1, 0.15) is 51.9 Å². The van der Waals surface area contributed by atoms with Crippen LogP contribution in [0.3, 0.4) is 0 Å². The van der Waals surface area contributed by atoms with Crippen molar-refractivity contribution in [2.75, 3.05) is 6.54 Å². The van der Waals surface area contributed by atoms with Crippen LogP contribution < -0.4 is 5.32 Å². The first-order valence-electron chi connectivity index (χ1n) is 6.45. The third-order valence-electron chi connectivity index (χ3n) is 2.57. The van der Waals surface area contributed by atoms with Gasteiger partial charge in [0.05, 0.1) is 12.0 Å². The van der Waals surface area contributed by atoms with Crippen molar-refractivity contribution in [2.24, 2.45) is 0 Å². The van der Waals surface area contributed by atoms with Gasteiger partial charge in [-0.1, -0.05) is 39.0 Å². The monoisotopic (exact) mass is 257 g/mol. The quantitative estimate of drug-likeness (QED) is 0.391. The van der Waals surface area contributed by atoms with Crippen LogP contribution in [0.15, 0.2) is 11.8 Å². The molecule has 0 aliphatic rings. The van der Waals surface area contributed by atoms with Gasteiger partial charge in [-0.25, -0.2) is 4.79 Å². The van der Waals surface area contributed by atoms with Crippen LogP contribution >= 0.6 is 0 Å². The summed E-state index contributed by atoms with van der Waals surface area (Å²) in [7, 11) is 0. The smallest absolute Gasteiger partial charge is 0.333 e. The number of carboxylic acids is 2. The summed E-state index contributed by atoms with van der Waals surface area (Å²) in [6, 6.07) is 0. The van der Waals surface area contributed by atoms with Crippen molar-refractivity contribution in [3.05, 3.63) is 11.8 Å². The van der Waals surface area contributed by atoms with Gasteiger partial charge >= 0.3 is 11.9 Å². The van der Waals surface area contributed by atoms with Gasteiger partial charge in [0.15, 0.2) is 0 Å². The number of nitrogens with one attached hydrogen (secondary N) is 1. The van der Waals surface area contributed by atoms with E-state index in [4.69, 9.17) is 10.2 Å². The maximum Gasteiger partial charge on any atom is 0.333 e. The molecule has 5 nitrogen and oxygen atoms in total. The van der Waals surface area contributed by atoms with E-state index in [1.807, 2.05) is 0 Å². The van der Waals surface area contributed by atoms with Gasteiger partial charge in [0.2, 0.25) is 0 Å². The molecule has 0 spiro atoms.